The highest BCUT2D eigenvalue weighted by molar-refractivity contribution is 6.30. The second-order valence-electron chi connectivity index (χ2n) is 4.94. The first-order valence-electron chi connectivity index (χ1n) is 6.88. The molecule has 2 rings (SSSR count). The van der Waals surface area contributed by atoms with Crippen molar-refractivity contribution in [3.05, 3.63) is 46.6 Å². The molecule has 1 aromatic carbocycles. The van der Waals surface area contributed by atoms with Crippen LogP contribution < -0.4 is 5.32 Å². The maximum atomic E-state index is 5.87. The minimum atomic E-state index is 0.242. The van der Waals surface area contributed by atoms with Gasteiger partial charge < -0.3 is 9.84 Å². The van der Waals surface area contributed by atoms with E-state index < -0.39 is 0 Å². The number of hydrogen-bond acceptors (Lipinski definition) is 4. The van der Waals surface area contributed by atoms with Gasteiger partial charge >= 0.3 is 0 Å². The zero-order valence-corrected chi connectivity index (χ0v) is 12.8. The standard InChI is InChI=1S/C15H20ClN3O/c1-4-13(10(2)17-3)15-18-14(19-20-15)9-11-5-7-12(16)8-6-11/h5-8,10,13,17H,4,9H2,1-3H3. The molecule has 0 saturated carbocycles. The molecule has 1 N–H and O–H groups in total. The Hall–Kier alpha value is -1.39. The van der Waals surface area contributed by atoms with Gasteiger partial charge in [0.1, 0.15) is 0 Å². The van der Waals surface area contributed by atoms with Crippen LogP contribution in [0.3, 0.4) is 0 Å². The van der Waals surface area contributed by atoms with Crippen LogP contribution in [0.2, 0.25) is 5.02 Å². The van der Waals surface area contributed by atoms with Gasteiger partial charge in [-0.3, -0.25) is 0 Å². The van der Waals surface area contributed by atoms with Gasteiger partial charge in [-0.2, -0.15) is 4.98 Å². The van der Waals surface area contributed by atoms with Crippen molar-refractivity contribution < 1.29 is 4.52 Å². The number of hydrogen-bond donors (Lipinski definition) is 1. The molecule has 0 aliphatic rings. The highest BCUT2D eigenvalue weighted by Gasteiger charge is 2.22. The van der Waals surface area contributed by atoms with Crippen molar-refractivity contribution in [1.82, 2.24) is 15.5 Å². The Labute approximate surface area is 124 Å². The van der Waals surface area contributed by atoms with E-state index in [-0.39, 0.29) is 5.92 Å². The second-order valence-corrected chi connectivity index (χ2v) is 5.38. The zero-order chi connectivity index (χ0) is 14.5. The summed E-state index contributed by atoms with van der Waals surface area (Å²) in [6.07, 6.45) is 1.62. The van der Waals surface area contributed by atoms with Crippen LogP contribution in [0.1, 0.15) is 43.5 Å². The molecule has 2 atom stereocenters. The van der Waals surface area contributed by atoms with Crippen LogP contribution in [-0.4, -0.2) is 23.2 Å². The lowest BCUT2D eigenvalue weighted by Crippen LogP contribution is -2.28. The Morgan fingerprint density at radius 1 is 1.30 bits per heavy atom. The zero-order valence-electron chi connectivity index (χ0n) is 12.1. The van der Waals surface area contributed by atoms with E-state index in [1.807, 2.05) is 31.3 Å². The topological polar surface area (TPSA) is 51.0 Å². The van der Waals surface area contributed by atoms with Gasteiger partial charge in [0.2, 0.25) is 5.89 Å². The van der Waals surface area contributed by atoms with Crippen molar-refractivity contribution >= 4 is 11.6 Å². The van der Waals surface area contributed by atoms with Crippen molar-refractivity contribution in [2.75, 3.05) is 7.05 Å². The Morgan fingerprint density at radius 2 is 2.00 bits per heavy atom. The number of nitrogens with one attached hydrogen (secondary N) is 1. The number of nitrogens with zero attached hydrogens (tertiary/aromatic N) is 2. The highest BCUT2D eigenvalue weighted by Crippen LogP contribution is 2.22. The monoisotopic (exact) mass is 293 g/mol. The number of aromatic nitrogens is 2. The van der Waals surface area contributed by atoms with E-state index in [1.165, 1.54) is 0 Å². The molecule has 1 heterocycles. The molecule has 0 aliphatic heterocycles. The Bertz CT molecular complexity index is 538. The third-order valence-electron chi connectivity index (χ3n) is 3.58. The van der Waals surface area contributed by atoms with Crippen molar-refractivity contribution in [2.45, 2.75) is 38.6 Å². The normalized spacial score (nSPS) is 14.2. The van der Waals surface area contributed by atoms with E-state index in [1.54, 1.807) is 0 Å². The number of rotatable bonds is 6. The summed E-state index contributed by atoms with van der Waals surface area (Å²) in [6, 6.07) is 8.01. The molecule has 0 amide bonds. The Balaban J connectivity index is 2.10. The smallest absolute Gasteiger partial charge is 0.231 e. The summed E-state index contributed by atoms with van der Waals surface area (Å²) in [6.45, 7) is 4.25. The summed E-state index contributed by atoms with van der Waals surface area (Å²) in [5.41, 5.74) is 1.12. The molecule has 5 heteroatoms. The molecule has 108 valence electrons. The largest absolute Gasteiger partial charge is 0.339 e. The lowest BCUT2D eigenvalue weighted by Gasteiger charge is -2.17. The summed E-state index contributed by atoms with van der Waals surface area (Å²) < 4.78 is 5.41. The highest BCUT2D eigenvalue weighted by atomic mass is 35.5. The molecule has 1 aromatic heterocycles. The van der Waals surface area contributed by atoms with Crippen LogP contribution in [0, 0.1) is 0 Å². The second kappa shape index (κ2) is 6.86. The first-order chi connectivity index (χ1) is 9.63. The van der Waals surface area contributed by atoms with Crippen LogP contribution >= 0.6 is 11.6 Å². The number of halogens is 1. The lowest BCUT2D eigenvalue weighted by atomic mass is 9.98. The van der Waals surface area contributed by atoms with E-state index in [2.05, 4.69) is 29.3 Å². The van der Waals surface area contributed by atoms with Gasteiger partial charge in [-0.05, 0) is 38.1 Å². The van der Waals surface area contributed by atoms with E-state index in [4.69, 9.17) is 16.1 Å². The predicted molar refractivity (Wildman–Crippen MR) is 80.1 cm³/mol. The summed E-state index contributed by atoms with van der Waals surface area (Å²) in [5, 5.41) is 8.04. The fourth-order valence-corrected chi connectivity index (χ4v) is 2.34. The third kappa shape index (κ3) is 3.58. The molecule has 2 unspecified atom stereocenters. The molecular weight excluding hydrogens is 274 g/mol. The fourth-order valence-electron chi connectivity index (χ4n) is 2.22. The van der Waals surface area contributed by atoms with Crippen molar-refractivity contribution in [2.24, 2.45) is 0 Å². The van der Waals surface area contributed by atoms with Crippen LogP contribution in [0.25, 0.3) is 0 Å². The molecule has 0 radical (unpaired) electrons. The lowest BCUT2D eigenvalue weighted by molar-refractivity contribution is 0.320. The van der Waals surface area contributed by atoms with E-state index >= 15 is 0 Å². The molecule has 0 aliphatic carbocycles. The quantitative estimate of drug-likeness (QED) is 0.887. The predicted octanol–water partition coefficient (Wildman–Crippen LogP) is 3.42. The van der Waals surface area contributed by atoms with Gasteiger partial charge in [-0.25, -0.2) is 0 Å². The molecule has 4 nitrogen and oxygen atoms in total. The summed E-state index contributed by atoms with van der Waals surface area (Å²) in [4.78, 5) is 4.52. The van der Waals surface area contributed by atoms with Crippen molar-refractivity contribution in [1.29, 1.82) is 0 Å². The molecule has 0 fully saturated rings. The average Bonchev–Trinajstić information content (AvgIpc) is 2.90. The molecule has 0 saturated heterocycles. The van der Waals surface area contributed by atoms with Crippen LogP contribution in [0.15, 0.2) is 28.8 Å². The number of benzene rings is 1. The van der Waals surface area contributed by atoms with E-state index in [9.17, 15) is 0 Å². The van der Waals surface area contributed by atoms with Gasteiger partial charge in [0.15, 0.2) is 5.82 Å². The molecule has 0 bridgehead atoms. The molecule has 0 spiro atoms. The molecule has 2 aromatic rings. The SMILES string of the molecule is CCC(c1nc(Cc2ccc(Cl)cc2)no1)C(C)NC. The van der Waals surface area contributed by atoms with Crippen molar-refractivity contribution in [3.8, 4) is 0 Å². The fraction of sp³-hybridized carbons (Fsp3) is 0.467. The van der Waals surface area contributed by atoms with E-state index in [0.29, 0.717) is 24.2 Å². The van der Waals surface area contributed by atoms with Crippen molar-refractivity contribution in [3.63, 3.8) is 0 Å². The minimum Gasteiger partial charge on any atom is -0.339 e. The first kappa shape index (κ1) is 15.0. The molecule has 20 heavy (non-hydrogen) atoms. The summed E-state index contributed by atoms with van der Waals surface area (Å²) in [5.74, 6) is 1.66. The Morgan fingerprint density at radius 3 is 2.60 bits per heavy atom. The maximum absolute atomic E-state index is 5.87. The minimum absolute atomic E-state index is 0.242. The first-order valence-corrected chi connectivity index (χ1v) is 7.26. The van der Waals surface area contributed by atoms with Gasteiger partial charge in [0.05, 0.1) is 5.92 Å². The Kier molecular flexibility index (Phi) is 5.15. The third-order valence-corrected chi connectivity index (χ3v) is 3.83. The van der Waals surface area contributed by atoms with Crippen LogP contribution in [0.4, 0.5) is 0 Å². The summed E-state index contributed by atoms with van der Waals surface area (Å²) >= 11 is 5.87. The molecular formula is C15H20ClN3O. The van der Waals surface area contributed by atoms with Gasteiger partial charge in [-0.1, -0.05) is 35.8 Å². The average molecular weight is 294 g/mol. The van der Waals surface area contributed by atoms with Gasteiger partial charge in [-0.15, -0.1) is 0 Å². The number of likely N-dealkylation sites (N-methyl/N-ethyl adjacent to an activating group) is 1. The summed E-state index contributed by atoms with van der Waals surface area (Å²) in [7, 11) is 1.94. The van der Waals surface area contributed by atoms with E-state index in [0.717, 1.165) is 17.0 Å². The van der Waals surface area contributed by atoms with Gasteiger partial charge in [0.25, 0.3) is 0 Å². The van der Waals surface area contributed by atoms with Gasteiger partial charge in [0, 0.05) is 17.5 Å². The van der Waals surface area contributed by atoms with Crippen LogP contribution in [0.5, 0.6) is 0 Å². The van der Waals surface area contributed by atoms with Crippen LogP contribution in [-0.2, 0) is 6.42 Å². The maximum Gasteiger partial charge on any atom is 0.231 e.